The zero-order chi connectivity index (χ0) is 23.6. The fourth-order valence-corrected chi connectivity index (χ4v) is 4.44. The molecule has 3 aromatic rings. The lowest BCUT2D eigenvalue weighted by Gasteiger charge is -2.10. The molecule has 0 bridgehead atoms. The number of hydrogen-bond acceptors (Lipinski definition) is 4. The SMILES string of the molecule is Cc1ccc(S(=O)(=O)Nc2ccc(NC(=O)c3ccc(NC(=O)C4CC4C)cc3)cc2)cc1. The summed E-state index contributed by atoms with van der Waals surface area (Å²) in [6.07, 6.45) is 0.915. The summed E-state index contributed by atoms with van der Waals surface area (Å²) in [5.74, 6) is 0.214. The number of amides is 2. The molecule has 8 heteroatoms. The van der Waals surface area contributed by atoms with Gasteiger partial charge in [-0.05, 0) is 79.9 Å². The predicted octanol–water partition coefficient (Wildman–Crippen LogP) is 4.64. The molecule has 0 heterocycles. The third-order valence-corrected chi connectivity index (χ3v) is 6.98. The first-order chi connectivity index (χ1) is 15.7. The van der Waals surface area contributed by atoms with Crippen LogP contribution in [0, 0.1) is 18.8 Å². The van der Waals surface area contributed by atoms with Gasteiger partial charge in [0, 0.05) is 28.5 Å². The van der Waals surface area contributed by atoms with Gasteiger partial charge in [-0.2, -0.15) is 0 Å². The third kappa shape index (κ3) is 5.59. The molecule has 3 aromatic carbocycles. The van der Waals surface area contributed by atoms with Crippen molar-refractivity contribution in [3.8, 4) is 0 Å². The van der Waals surface area contributed by atoms with E-state index in [2.05, 4.69) is 15.4 Å². The molecule has 0 saturated heterocycles. The number of benzene rings is 3. The van der Waals surface area contributed by atoms with Crippen molar-refractivity contribution in [2.75, 3.05) is 15.4 Å². The van der Waals surface area contributed by atoms with Gasteiger partial charge in [0.1, 0.15) is 0 Å². The highest BCUT2D eigenvalue weighted by Gasteiger charge is 2.39. The zero-order valence-electron chi connectivity index (χ0n) is 18.3. The van der Waals surface area contributed by atoms with Crippen molar-refractivity contribution in [2.45, 2.75) is 25.2 Å². The van der Waals surface area contributed by atoms with Gasteiger partial charge in [-0.15, -0.1) is 0 Å². The topological polar surface area (TPSA) is 104 Å². The van der Waals surface area contributed by atoms with Crippen LogP contribution in [0.25, 0.3) is 0 Å². The summed E-state index contributed by atoms with van der Waals surface area (Å²) < 4.78 is 27.5. The molecule has 7 nitrogen and oxygen atoms in total. The van der Waals surface area contributed by atoms with Gasteiger partial charge in [-0.1, -0.05) is 24.6 Å². The number of aryl methyl sites for hydroxylation is 1. The Morgan fingerprint density at radius 2 is 1.30 bits per heavy atom. The number of rotatable bonds is 7. The van der Waals surface area contributed by atoms with E-state index in [9.17, 15) is 18.0 Å². The molecule has 2 atom stereocenters. The van der Waals surface area contributed by atoms with Gasteiger partial charge < -0.3 is 10.6 Å². The van der Waals surface area contributed by atoms with Crippen LogP contribution in [-0.2, 0) is 14.8 Å². The summed E-state index contributed by atoms with van der Waals surface area (Å²) in [6, 6.07) is 19.7. The van der Waals surface area contributed by atoms with E-state index in [4.69, 9.17) is 0 Å². The monoisotopic (exact) mass is 463 g/mol. The largest absolute Gasteiger partial charge is 0.326 e. The van der Waals surface area contributed by atoms with E-state index in [0.717, 1.165) is 12.0 Å². The Morgan fingerprint density at radius 1 is 0.788 bits per heavy atom. The van der Waals surface area contributed by atoms with Crippen molar-refractivity contribution in [3.63, 3.8) is 0 Å². The fraction of sp³-hybridized carbons (Fsp3) is 0.200. The quantitative estimate of drug-likeness (QED) is 0.475. The number of hydrogen-bond donors (Lipinski definition) is 3. The van der Waals surface area contributed by atoms with Crippen LogP contribution in [0.5, 0.6) is 0 Å². The van der Waals surface area contributed by atoms with Gasteiger partial charge >= 0.3 is 0 Å². The van der Waals surface area contributed by atoms with E-state index >= 15 is 0 Å². The Balaban J connectivity index is 1.35. The van der Waals surface area contributed by atoms with Crippen LogP contribution in [-0.4, -0.2) is 20.2 Å². The van der Waals surface area contributed by atoms with Crippen molar-refractivity contribution in [1.29, 1.82) is 0 Å². The lowest BCUT2D eigenvalue weighted by Crippen LogP contribution is -2.15. The van der Waals surface area contributed by atoms with Crippen LogP contribution in [0.4, 0.5) is 17.1 Å². The van der Waals surface area contributed by atoms with Crippen LogP contribution in [0.1, 0.15) is 29.3 Å². The number of carbonyl (C=O) groups is 2. The van der Waals surface area contributed by atoms with Crippen molar-refractivity contribution in [3.05, 3.63) is 83.9 Å². The minimum atomic E-state index is -3.69. The number of anilines is 3. The first kappa shape index (κ1) is 22.5. The molecule has 1 saturated carbocycles. The normalized spacial score (nSPS) is 17.2. The van der Waals surface area contributed by atoms with Crippen molar-refractivity contribution in [2.24, 2.45) is 11.8 Å². The van der Waals surface area contributed by atoms with Crippen molar-refractivity contribution >= 4 is 38.9 Å². The first-order valence-corrected chi connectivity index (χ1v) is 12.1. The zero-order valence-corrected chi connectivity index (χ0v) is 19.1. The Hall–Kier alpha value is -3.65. The minimum Gasteiger partial charge on any atom is -0.326 e. The van der Waals surface area contributed by atoms with E-state index in [1.54, 1.807) is 72.8 Å². The van der Waals surface area contributed by atoms with Gasteiger partial charge in [0.2, 0.25) is 5.91 Å². The van der Waals surface area contributed by atoms with Crippen LogP contribution < -0.4 is 15.4 Å². The second-order valence-electron chi connectivity index (χ2n) is 8.34. The highest BCUT2D eigenvalue weighted by atomic mass is 32.2. The molecule has 2 amide bonds. The average Bonchev–Trinajstić information content (AvgIpc) is 3.52. The Kier molecular flexibility index (Phi) is 6.20. The van der Waals surface area contributed by atoms with Gasteiger partial charge in [0.15, 0.2) is 0 Å². The predicted molar refractivity (Wildman–Crippen MR) is 129 cm³/mol. The maximum absolute atomic E-state index is 12.5. The lowest BCUT2D eigenvalue weighted by atomic mass is 10.2. The van der Waals surface area contributed by atoms with E-state index in [1.165, 1.54) is 0 Å². The first-order valence-electron chi connectivity index (χ1n) is 10.6. The summed E-state index contributed by atoms with van der Waals surface area (Å²) in [7, 11) is -3.69. The summed E-state index contributed by atoms with van der Waals surface area (Å²) in [4.78, 5) is 24.7. The van der Waals surface area contributed by atoms with Crippen molar-refractivity contribution in [1.82, 2.24) is 0 Å². The fourth-order valence-electron chi connectivity index (χ4n) is 3.38. The van der Waals surface area contributed by atoms with Gasteiger partial charge in [-0.3, -0.25) is 14.3 Å². The van der Waals surface area contributed by atoms with Crippen molar-refractivity contribution < 1.29 is 18.0 Å². The smallest absolute Gasteiger partial charge is 0.261 e. The minimum absolute atomic E-state index is 0.0118. The maximum atomic E-state index is 12.5. The summed E-state index contributed by atoms with van der Waals surface area (Å²) in [5, 5.41) is 5.64. The van der Waals surface area contributed by atoms with Gasteiger partial charge in [0.25, 0.3) is 15.9 Å². The van der Waals surface area contributed by atoms with E-state index < -0.39 is 10.0 Å². The summed E-state index contributed by atoms with van der Waals surface area (Å²) >= 11 is 0. The molecule has 1 aliphatic rings. The maximum Gasteiger partial charge on any atom is 0.261 e. The van der Waals surface area contributed by atoms with Crippen LogP contribution in [0.15, 0.2) is 77.7 Å². The standard InChI is InChI=1S/C25H25N3O4S/c1-16-3-13-22(14-4-16)33(31,32)28-21-11-9-20(10-12-21)26-24(29)18-5-7-19(8-6-18)27-25(30)23-15-17(23)2/h3-14,17,23,28H,15H2,1-2H3,(H,26,29)(H,27,30). The Morgan fingerprint density at radius 3 is 1.88 bits per heavy atom. The highest BCUT2D eigenvalue weighted by molar-refractivity contribution is 7.92. The van der Waals surface area contributed by atoms with Crippen LogP contribution >= 0.6 is 0 Å². The molecule has 170 valence electrons. The molecular weight excluding hydrogens is 438 g/mol. The highest BCUT2D eigenvalue weighted by Crippen LogP contribution is 2.38. The number of nitrogens with one attached hydrogen (secondary N) is 3. The Labute approximate surface area is 193 Å². The second kappa shape index (κ2) is 9.07. The molecule has 3 N–H and O–H groups in total. The van der Waals surface area contributed by atoms with Crippen LogP contribution in [0.2, 0.25) is 0 Å². The van der Waals surface area contributed by atoms with E-state index in [0.29, 0.717) is 28.5 Å². The molecule has 0 radical (unpaired) electrons. The molecule has 0 aromatic heterocycles. The molecule has 4 rings (SSSR count). The third-order valence-electron chi connectivity index (χ3n) is 5.59. The Bertz CT molecular complexity index is 1270. The summed E-state index contributed by atoms with van der Waals surface area (Å²) in [6.45, 7) is 3.93. The number of sulfonamides is 1. The molecule has 33 heavy (non-hydrogen) atoms. The average molecular weight is 464 g/mol. The second-order valence-corrected chi connectivity index (χ2v) is 10.0. The molecule has 2 unspecified atom stereocenters. The van der Waals surface area contributed by atoms with Gasteiger partial charge in [-0.25, -0.2) is 8.42 Å². The molecule has 0 aliphatic heterocycles. The lowest BCUT2D eigenvalue weighted by molar-refractivity contribution is -0.117. The molecular formula is C25H25N3O4S. The molecule has 1 fully saturated rings. The van der Waals surface area contributed by atoms with E-state index in [-0.39, 0.29) is 22.6 Å². The molecule has 1 aliphatic carbocycles. The summed E-state index contributed by atoms with van der Waals surface area (Å²) in [5.41, 5.74) is 2.98. The molecule has 0 spiro atoms. The van der Waals surface area contributed by atoms with Crippen LogP contribution in [0.3, 0.4) is 0 Å². The number of carbonyl (C=O) groups excluding carboxylic acids is 2. The van der Waals surface area contributed by atoms with E-state index in [1.807, 2.05) is 13.8 Å². The van der Waals surface area contributed by atoms with Gasteiger partial charge in [0.05, 0.1) is 4.90 Å².